The van der Waals surface area contributed by atoms with Crippen LogP contribution < -0.4 is 10.6 Å². The predicted octanol–water partition coefficient (Wildman–Crippen LogP) is 4.65. The lowest BCUT2D eigenvalue weighted by Gasteiger charge is -2.23. The molecule has 1 saturated heterocycles. The Hall–Kier alpha value is -2.98. The molecule has 0 saturated carbocycles. The molecule has 0 unspecified atom stereocenters. The Bertz CT molecular complexity index is 1040. The summed E-state index contributed by atoms with van der Waals surface area (Å²) in [6, 6.07) is 5.75. The third-order valence-corrected chi connectivity index (χ3v) is 5.28. The maximum atomic E-state index is 13.8. The van der Waals surface area contributed by atoms with E-state index < -0.39 is 30.8 Å². The van der Waals surface area contributed by atoms with Gasteiger partial charge in [0.15, 0.2) is 6.29 Å². The van der Waals surface area contributed by atoms with Crippen LogP contribution in [0.15, 0.2) is 36.5 Å². The van der Waals surface area contributed by atoms with Gasteiger partial charge < -0.3 is 20.1 Å². The predicted molar refractivity (Wildman–Crippen MR) is 121 cm³/mol. The molecule has 1 aromatic carbocycles. The number of hydrogen-bond acceptors (Lipinski definition) is 6. The fraction of sp³-hybridized carbons (Fsp3) is 0.458. The monoisotopic (exact) mass is 478 g/mol. The van der Waals surface area contributed by atoms with Crippen molar-refractivity contribution >= 4 is 11.7 Å². The number of carbonyl (C=O) groups excluding carboxylic acids is 1. The first-order valence-corrected chi connectivity index (χ1v) is 11.0. The van der Waals surface area contributed by atoms with Gasteiger partial charge in [-0.2, -0.15) is 0 Å². The van der Waals surface area contributed by atoms with E-state index in [1.54, 1.807) is 19.1 Å². The molecule has 1 fully saturated rings. The number of allylic oxidation sites excluding steroid dienone is 1. The summed E-state index contributed by atoms with van der Waals surface area (Å²) in [5.74, 6) is -2.60. The lowest BCUT2D eigenvalue weighted by atomic mass is 10.0. The maximum absolute atomic E-state index is 13.8. The molecule has 1 atom stereocenters. The number of benzene rings is 1. The highest BCUT2D eigenvalue weighted by Gasteiger charge is 2.29. The molecule has 2 aromatic rings. The zero-order valence-electron chi connectivity index (χ0n) is 19.5. The highest BCUT2D eigenvalue weighted by molar-refractivity contribution is 5.80. The van der Waals surface area contributed by atoms with Crippen molar-refractivity contribution in [1.82, 2.24) is 15.3 Å². The average molecular weight is 479 g/mol. The van der Waals surface area contributed by atoms with E-state index >= 15 is 0 Å². The number of halogens is 3. The summed E-state index contributed by atoms with van der Waals surface area (Å²) in [6.07, 6.45) is -0.900. The molecule has 3 rings (SSSR count). The van der Waals surface area contributed by atoms with Crippen LogP contribution >= 0.6 is 0 Å². The molecule has 7 nitrogen and oxygen atoms in total. The van der Waals surface area contributed by atoms with E-state index in [1.165, 1.54) is 12.1 Å². The summed E-state index contributed by atoms with van der Waals surface area (Å²) in [6.45, 7) is 8.08. The van der Waals surface area contributed by atoms with Crippen molar-refractivity contribution in [2.24, 2.45) is 0 Å². The molecule has 10 heteroatoms. The van der Waals surface area contributed by atoms with Crippen molar-refractivity contribution in [2.45, 2.75) is 51.9 Å². The maximum Gasteiger partial charge on any atom is 0.270 e. The largest absolute Gasteiger partial charge is 0.363 e. The van der Waals surface area contributed by atoms with Gasteiger partial charge in [-0.05, 0) is 25.5 Å². The molecule has 0 bridgehead atoms. The van der Waals surface area contributed by atoms with Gasteiger partial charge in [-0.3, -0.25) is 9.18 Å². The van der Waals surface area contributed by atoms with E-state index in [1.807, 2.05) is 6.92 Å². The molecule has 1 aliphatic heterocycles. The van der Waals surface area contributed by atoms with Crippen LogP contribution in [0.1, 0.15) is 60.8 Å². The fourth-order valence-electron chi connectivity index (χ4n) is 3.60. The second kappa shape index (κ2) is 11.0. The van der Waals surface area contributed by atoms with Crippen LogP contribution in [0, 0.1) is 6.92 Å². The third kappa shape index (κ3) is 6.54. The van der Waals surface area contributed by atoms with Gasteiger partial charge in [0.05, 0.1) is 37.6 Å². The zero-order valence-corrected chi connectivity index (χ0v) is 19.5. The first kappa shape index (κ1) is 25.6. The minimum atomic E-state index is -2.97. The molecular weight excluding hydrogens is 449 g/mol. The first-order valence-electron chi connectivity index (χ1n) is 11.0. The Morgan fingerprint density at radius 3 is 2.65 bits per heavy atom. The van der Waals surface area contributed by atoms with Crippen molar-refractivity contribution < 1.29 is 27.4 Å². The van der Waals surface area contributed by atoms with Crippen molar-refractivity contribution in [2.75, 3.05) is 25.2 Å². The van der Waals surface area contributed by atoms with Crippen molar-refractivity contribution in [3.05, 3.63) is 64.8 Å². The second-order valence-electron chi connectivity index (χ2n) is 8.20. The molecular formula is C24H29F3N4O3. The number of aryl methyl sites for hydroxylation is 1. The van der Waals surface area contributed by atoms with E-state index in [0.717, 1.165) is 6.92 Å². The number of rotatable bonds is 10. The summed E-state index contributed by atoms with van der Waals surface area (Å²) >= 11 is 0. The number of anilines is 1. The zero-order chi connectivity index (χ0) is 24.9. The number of carbonyl (C=O) groups is 1. The van der Waals surface area contributed by atoms with Gasteiger partial charge >= 0.3 is 0 Å². The van der Waals surface area contributed by atoms with Crippen LogP contribution in [0.5, 0.6) is 0 Å². The van der Waals surface area contributed by atoms with Gasteiger partial charge in [-0.1, -0.05) is 24.8 Å². The van der Waals surface area contributed by atoms with Gasteiger partial charge in [0.2, 0.25) is 5.91 Å². The van der Waals surface area contributed by atoms with E-state index in [4.69, 9.17) is 9.47 Å². The Kier molecular flexibility index (Phi) is 8.27. The lowest BCUT2D eigenvalue weighted by molar-refractivity contribution is -0.119. The molecule has 0 aliphatic carbocycles. The number of amides is 1. The SMILES string of the molecule is C=C(CCF)NC(=O)Cc1nc(C)nc(N[C@H](C)c2cccc(C(C)(F)F)c2)c1C1OCCO1. The van der Waals surface area contributed by atoms with Crippen LogP contribution in [0.2, 0.25) is 0 Å². The molecule has 184 valence electrons. The summed E-state index contributed by atoms with van der Waals surface area (Å²) in [7, 11) is 0. The Labute approximate surface area is 196 Å². The first-order chi connectivity index (χ1) is 16.1. The molecule has 2 heterocycles. The van der Waals surface area contributed by atoms with Gasteiger partial charge in [0.25, 0.3) is 5.92 Å². The van der Waals surface area contributed by atoms with Gasteiger partial charge in [0, 0.05) is 30.6 Å². The highest BCUT2D eigenvalue weighted by atomic mass is 19.3. The number of hydrogen-bond donors (Lipinski definition) is 2. The van der Waals surface area contributed by atoms with Crippen LogP contribution in [0.3, 0.4) is 0 Å². The van der Waals surface area contributed by atoms with Gasteiger partial charge in [-0.25, -0.2) is 18.7 Å². The Balaban J connectivity index is 1.92. The van der Waals surface area contributed by atoms with E-state index in [-0.39, 0.29) is 24.1 Å². The number of nitrogens with one attached hydrogen (secondary N) is 2. The number of alkyl halides is 3. The number of nitrogens with zero attached hydrogens (tertiary/aromatic N) is 2. The van der Waals surface area contributed by atoms with Crippen molar-refractivity contribution in [1.29, 1.82) is 0 Å². The summed E-state index contributed by atoms with van der Waals surface area (Å²) in [4.78, 5) is 21.4. The summed E-state index contributed by atoms with van der Waals surface area (Å²) in [5, 5.41) is 5.81. The molecule has 2 N–H and O–H groups in total. The third-order valence-electron chi connectivity index (χ3n) is 5.28. The van der Waals surface area contributed by atoms with Crippen LogP contribution in [-0.2, 0) is 26.6 Å². The number of ether oxygens (including phenoxy) is 2. The highest BCUT2D eigenvalue weighted by Crippen LogP contribution is 2.34. The second-order valence-corrected chi connectivity index (χ2v) is 8.20. The quantitative estimate of drug-likeness (QED) is 0.517. The standard InChI is InChI=1S/C24H29F3N4O3/c1-14(8-9-25)28-20(32)13-19-21(23-33-10-11-34-23)22(31-16(3)30-19)29-15(2)17-6-5-7-18(12-17)24(4,26)27/h5-7,12,15,23H,1,8-11,13H2,2-4H3,(H,28,32)(H,29,30,31)/t15-/m1/s1. The Morgan fingerprint density at radius 2 is 2.00 bits per heavy atom. The number of aromatic nitrogens is 2. The van der Waals surface area contributed by atoms with E-state index in [9.17, 15) is 18.0 Å². The molecule has 1 aromatic heterocycles. The summed E-state index contributed by atoms with van der Waals surface area (Å²) < 4.78 is 51.5. The lowest BCUT2D eigenvalue weighted by Crippen LogP contribution is -2.26. The average Bonchev–Trinajstić information content (AvgIpc) is 3.27. The smallest absolute Gasteiger partial charge is 0.270 e. The topological polar surface area (TPSA) is 85.4 Å². The van der Waals surface area contributed by atoms with Crippen LogP contribution in [0.4, 0.5) is 19.0 Å². The minimum absolute atomic E-state index is 0.0242. The van der Waals surface area contributed by atoms with Crippen molar-refractivity contribution in [3.8, 4) is 0 Å². The molecule has 34 heavy (non-hydrogen) atoms. The molecule has 0 spiro atoms. The van der Waals surface area contributed by atoms with Crippen molar-refractivity contribution in [3.63, 3.8) is 0 Å². The molecule has 1 aliphatic rings. The fourth-order valence-corrected chi connectivity index (χ4v) is 3.60. The molecule has 1 amide bonds. The van der Waals surface area contributed by atoms with Gasteiger partial charge in [-0.15, -0.1) is 0 Å². The summed E-state index contributed by atoms with van der Waals surface area (Å²) in [5.41, 5.74) is 1.65. The van der Waals surface area contributed by atoms with Gasteiger partial charge in [0.1, 0.15) is 11.6 Å². The normalized spacial score (nSPS) is 15.2. The van der Waals surface area contributed by atoms with Crippen LogP contribution in [0.25, 0.3) is 0 Å². The van der Waals surface area contributed by atoms with E-state index in [0.29, 0.717) is 41.7 Å². The minimum Gasteiger partial charge on any atom is -0.363 e. The molecule has 0 radical (unpaired) electrons. The Morgan fingerprint density at radius 1 is 1.29 bits per heavy atom. The van der Waals surface area contributed by atoms with Crippen LogP contribution in [-0.4, -0.2) is 35.8 Å². The van der Waals surface area contributed by atoms with E-state index in [2.05, 4.69) is 27.2 Å².